The average molecular weight is 957 g/mol. The van der Waals surface area contributed by atoms with Gasteiger partial charge in [0.1, 0.15) is 18.5 Å². The van der Waals surface area contributed by atoms with Gasteiger partial charge in [0, 0.05) is 82.4 Å². The zero-order valence-electron chi connectivity index (χ0n) is 38.6. The van der Waals surface area contributed by atoms with E-state index in [0.717, 1.165) is 87.1 Å². The van der Waals surface area contributed by atoms with Crippen molar-refractivity contribution in [2.75, 3.05) is 59.4 Å². The summed E-state index contributed by atoms with van der Waals surface area (Å²) < 4.78 is 43.4. The summed E-state index contributed by atoms with van der Waals surface area (Å²) in [5, 5.41) is 16.4. The predicted octanol–water partition coefficient (Wildman–Crippen LogP) is 11.8. The van der Waals surface area contributed by atoms with Gasteiger partial charge in [0.15, 0.2) is 0 Å². The number of rotatable bonds is 17. The van der Waals surface area contributed by atoms with Crippen LogP contribution in [0.2, 0.25) is 0 Å². The number of nitrogens with zero attached hydrogens (tertiary/aromatic N) is 5. The van der Waals surface area contributed by atoms with E-state index in [0.29, 0.717) is 35.5 Å². The molecule has 1 aliphatic rings. The quantitative estimate of drug-likeness (QED) is 0.0553. The number of fused-ring (bicyclic) bond motifs is 2. The van der Waals surface area contributed by atoms with E-state index in [9.17, 15) is 22.8 Å². The summed E-state index contributed by atoms with van der Waals surface area (Å²) in [5.41, 5.74) is 8.71. The third kappa shape index (κ3) is 13.3. The number of nitrogens with one attached hydrogen (secondary N) is 5. The maximum absolute atomic E-state index is 12.6. The van der Waals surface area contributed by atoms with Crippen molar-refractivity contribution in [3.63, 3.8) is 0 Å². The number of carbonyl (C=O) groups is 2. The van der Waals surface area contributed by atoms with E-state index >= 15 is 0 Å². The molecule has 0 unspecified atom stereocenters. The Kier molecular flexibility index (Phi) is 16.2. The minimum absolute atomic E-state index is 0.149. The van der Waals surface area contributed by atoms with Gasteiger partial charge < -0.3 is 36.2 Å². The number of benzene rings is 6. The summed E-state index contributed by atoms with van der Waals surface area (Å²) in [6, 6.07) is 41.5. The fourth-order valence-corrected chi connectivity index (χ4v) is 7.92. The highest BCUT2D eigenvalue weighted by molar-refractivity contribution is 6.01. The molecule has 0 spiro atoms. The number of piperidine rings is 1. The first-order valence-corrected chi connectivity index (χ1v) is 22.9. The Balaban J connectivity index is 0.000000192. The van der Waals surface area contributed by atoms with Crippen molar-refractivity contribution in [2.24, 2.45) is 0 Å². The molecule has 360 valence electrons. The van der Waals surface area contributed by atoms with Gasteiger partial charge in [-0.3, -0.25) is 9.59 Å². The molecule has 5 N–H and O–H groups in total. The lowest BCUT2D eigenvalue weighted by atomic mass is 10.0. The Morgan fingerprint density at radius 2 is 1.13 bits per heavy atom. The highest BCUT2D eigenvalue weighted by Crippen LogP contribution is 2.32. The number of anilines is 7. The number of alkyl halides is 3. The van der Waals surface area contributed by atoms with Gasteiger partial charge in [-0.25, -0.2) is 33.1 Å². The molecule has 16 heteroatoms. The monoisotopic (exact) mass is 956 g/mol. The number of halogens is 3. The molecule has 0 bridgehead atoms. The van der Waals surface area contributed by atoms with E-state index < -0.39 is 13.0 Å². The van der Waals surface area contributed by atoms with Crippen molar-refractivity contribution < 1.29 is 27.5 Å². The summed E-state index contributed by atoms with van der Waals surface area (Å²) in [5.74, 6) is 1.15. The lowest BCUT2D eigenvalue weighted by Gasteiger charge is -2.31. The van der Waals surface area contributed by atoms with E-state index in [4.69, 9.17) is 14.7 Å². The van der Waals surface area contributed by atoms with Crippen molar-refractivity contribution in [3.05, 3.63) is 171 Å². The summed E-state index contributed by atoms with van der Waals surface area (Å²) in [7, 11) is 0. The molecule has 8 aromatic rings. The molecule has 1 aliphatic heterocycles. The highest BCUT2D eigenvalue weighted by Gasteiger charge is 2.20. The average Bonchev–Trinajstić information content (AvgIpc) is 3.39. The van der Waals surface area contributed by atoms with Gasteiger partial charge >= 0.3 is 0 Å². The molecular formula is C55H51F3N10O3. The lowest BCUT2D eigenvalue weighted by Crippen LogP contribution is -2.39. The molecule has 13 nitrogen and oxygen atoms in total. The van der Waals surface area contributed by atoms with Gasteiger partial charge in [-0.1, -0.05) is 73.8 Å². The Hall–Kier alpha value is -8.63. The third-order valence-corrected chi connectivity index (χ3v) is 11.4. The Labute approximate surface area is 408 Å². The molecule has 3 heterocycles. The van der Waals surface area contributed by atoms with Crippen LogP contribution in [0.15, 0.2) is 171 Å². The van der Waals surface area contributed by atoms with Crippen LogP contribution in [0.5, 0.6) is 5.75 Å². The molecule has 1 fully saturated rings. The van der Waals surface area contributed by atoms with Crippen molar-refractivity contribution in [3.8, 4) is 28.0 Å². The molecule has 71 heavy (non-hydrogen) atoms. The number of amides is 2. The SMILES string of the molecule is C=CC(=O)Nc1cccc(-c2cccc3cnc(Nc4ccc(NCC(F)F)cc4)nc23)c1.C=CC(=O)Nc1cccc(-c2cccc3cnc(Nc4ccc(OC5CCN(CCF)CC5)cc4)nc23)c1. The number of likely N-dealkylation sites (tertiary alicyclic amines) is 1. The molecule has 2 aromatic heterocycles. The summed E-state index contributed by atoms with van der Waals surface area (Å²) in [4.78, 5) is 43.9. The first-order valence-electron chi connectivity index (χ1n) is 22.9. The van der Waals surface area contributed by atoms with Gasteiger partial charge in [-0.15, -0.1) is 0 Å². The third-order valence-electron chi connectivity index (χ3n) is 11.4. The molecule has 2 amide bonds. The van der Waals surface area contributed by atoms with E-state index in [1.54, 1.807) is 42.7 Å². The van der Waals surface area contributed by atoms with Gasteiger partial charge in [-0.05, 0) is 109 Å². The van der Waals surface area contributed by atoms with E-state index in [-0.39, 0.29) is 24.6 Å². The normalized spacial score (nSPS) is 12.6. The second-order valence-corrected chi connectivity index (χ2v) is 16.4. The summed E-state index contributed by atoms with van der Waals surface area (Å²) in [6.07, 6.45) is 5.52. The standard InChI is InChI=1S/C30H30FN5O2.C25H21F2N5O/c1-2-28(37)33-24-7-3-5-21(19-24)27-8-4-6-22-20-32-30(35-29(22)27)34-23-9-11-25(12-10-23)38-26-13-16-36(17-14-26)18-15-31;1-2-23(33)30-20-7-3-5-16(13-20)21-8-4-6-17-14-29-25(32-24(17)21)31-19-11-9-18(10-12-19)28-15-22(26)27/h2-12,19-20,26H,1,13-18H2,(H,33,37)(H,32,34,35);2-14,22,28H,1,15H2,(H,30,33)(H,29,31,32). The topological polar surface area (TPSA) is 158 Å². The number of aromatic nitrogens is 4. The molecule has 0 aliphatic carbocycles. The fraction of sp³-hybridized carbons (Fsp3) is 0.164. The molecular weight excluding hydrogens is 906 g/mol. The maximum atomic E-state index is 12.6. The predicted molar refractivity (Wildman–Crippen MR) is 278 cm³/mol. The maximum Gasteiger partial charge on any atom is 0.255 e. The zero-order valence-corrected chi connectivity index (χ0v) is 38.6. The van der Waals surface area contributed by atoms with Gasteiger partial charge in [0.05, 0.1) is 17.6 Å². The molecule has 9 rings (SSSR count). The second-order valence-electron chi connectivity index (χ2n) is 16.4. The molecule has 0 saturated carbocycles. The Morgan fingerprint density at radius 1 is 0.648 bits per heavy atom. The minimum Gasteiger partial charge on any atom is -0.490 e. The smallest absolute Gasteiger partial charge is 0.255 e. The second kappa shape index (κ2) is 23.6. The number of para-hydroxylation sites is 2. The molecule has 0 atom stereocenters. The lowest BCUT2D eigenvalue weighted by molar-refractivity contribution is -0.112. The first-order chi connectivity index (χ1) is 34.6. The molecule has 0 radical (unpaired) electrons. The largest absolute Gasteiger partial charge is 0.490 e. The van der Waals surface area contributed by atoms with Crippen LogP contribution >= 0.6 is 0 Å². The van der Waals surface area contributed by atoms with Crippen molar-refractivity contribution in [1.82, 2.24) is 24.8 Å². The van der Waals surface area contributed by atoms with Crippen LogP contribution in [0.4, 0.5) is 53.5 Å². The van der Waals surface area contributed by atoms with Crippen LogP contribution < -0.4 is 31.3 Å². The number of carbonyl (C=O) groups excluding carboxylic acids is 2. The summed E-state index contributed by atoms with van der Waals surface area (Å²) in [6.45, 7) is 8.51. The number of hydrogen-bond acceptors (Lipinski definition) is 11. The minimum atomic E-state index is -2.41. The molecule has 6 aromatic carbocycles. The Bertz CT molecular complexity index is 3130. The van der Waals surface area contributed by atoms with Crippen molar-refractivity contribution in [2.45, 2.75) is 25.4 Å². The molecule has 1 saturated heterocycles. The van der Waals surface area contributed by atoms with Gasteiger partial charge in [0.25, 0.3) is 6.43 Å². The Morgan fingerprint density at radius 3 is 1.61 bits per heavy atom. The highest BCUT2D eigenvalue weighted by atomic mass is 19.3. The van der Waals surface area contributed by atoms with Crippen molar-refractivity contribution in [1.29, 1.82) is 0 Å². The van der Waals surface area contributed by atoms with Crippen LogP contribution in [0.3, 0.4) is 0 Å². The number of ether oxygens (including phenoxy) is 1. The van der Waals surface area contributed by atoms with Crippen LogP contribution in [0.25, 0.3) is 44.1 Å². The zero-order chi connectivity index (χ0) is 49.5. The van der Waals surface area contributed by atoms with Gasteiger partial charge in [0.2, 0.25) is 23.7 Å². The fourth-order valence-electron chi connectivity index (χ4n) is 7.92. The van der Waals surface area contributed by atoms with Crippen LogP contribution in [0.1, 0.15) is 12.8 Å². The van der Waals surface area contributed by atoms with E-state index in [1.165, 1.54) is 12.2 Å². The number of hydrogen-bond donors (Lipinski definition) is 5. The van der Waals surface area contributed by atoms with E-state index in [1.807, 2.05) is 103 Å². The van der Waals surface area contributed by atoms with Gasteiger partial charge in [-0.2, -0.15) is 0 Å². The summed E-state index contributed by atoms with van der Waals surface area (Å²) >= 11 is 0. The first kappa shape index (κ1) is 48.8. The van der Waals surface area contributed by atoms with Crippen LogP contribution in [0, 0.1) is 0 Å². The van der Waals surface area contributed by atoms with E-state index in [2.05, 4.69) is 54.6 Å². The van der Waals surface area contributed by atoms with Crippen LogP contribution in [-0.2, 0) is 9.59 Å². The van der Waals surface area contributed by atoms with Crippen molar-refractivity contribution >= 4 is 74.0 Å². The van der Waals surface area contributed by atoms with Crippen LogP contribution in [-0.4, -0.2) is 82.0 Å².